The van der Waals surface area contributed by atoms with Crippen molar-refractivity contribution in [2.24, 2.45) is 0 Å². The summed E-state index contributed by atoms with van der Waals surface area (Å²) >= 11 is 0. The summed E-state index contributed by atoms with van der Waals surface area (Å²) in [4.78, 5) is 91.6. The van der Waals surface area contributed by atoms with E-state index in [1.807, 2.05) is 0 Å². The van der Waals surface area contributed by atoms with Crippen LogP contribution in [0.3, 0.4) is 0 Å². The van der Waals surface area contributed by atoms with Gasteiger partial charge in [0.05, 0.1) is 39.6 Å². The number of nitrogens with one attached hydrogen (secondary N) is 1. The van der Waals surface area contributed by atoms with Gasteiger partial charge in [-0.05, 0) is 24.6 Å². The maximum Gasteiger partial charge on any atom is 0.514 e. The lowest BCUT2D eigenvalue weighted by molar-refractivity contribution is -0.758. The molecule has 1 atom stereocenters. The maximum absolute atomic E-state index is 12.4. The van der Waals surface area contributed by atoms with Gasteiger partial charge in [-0.15, -0.1) is 30.3 Å². The van der Waals surface area contributed by atoms with Crippen LogP contribution in [0.2, 0.25) is 0 Å². The fourth-order valence-electron chi connectivity index (χ4n) is 3.29. The van der Waals surface area contributed by atoms with Crippen molar-refractivity contribution < 1.29 is 92.0 Å². The molecule has 0 aromatic heterocycles. The summed E-state index contributed by atoms with van der Waals surface area (Å²) in [6, 6.07) is 3.49. The van der Waals surface area contributed by atoms with E-state index in [4.69, 9.17) is 37.9 Å². The van der Waals surface area contributed by atoms with Gasteiger partial charge in [0.1, 0.15) is 45.2 Å². The third-order valence-corrected chi connectivity index (χ3v) is 5.43. The summed E-state index contributed by atoms with van der Waals surface area (Å²) in [6.45, 7) is -2.20. The lowest BCUT2D eigenvalue weighted by Crippen LogP contribution is -2.54. The van der Waals surface area contributed by atoms with Gasteiger partial charge < -0.3 is 62.8 Å². The number of carboxylic acids is 1. The highest BCUT2D eigenvalue weighted by atomic mass is 17.0. The molecule has 0 aliphatic carbocycles. The number of hydrogen-bond donors (Lipinski definition) is 2. The first-order valence-corrected chi connectivity index (χ1v) is 14.3. The van der Waals surface area contributed by atoms with Crippen LogP contribution in [0.4, 0.5) is 14.4 Å². The second-order valence-corrected chi connectivity index (χ2v) is 9.26. The molecular weight excluding hydrogens is 708 g/mol. The molecule has 0 heterocycles. The van der Waals surface area contributed by atoms with E-state index in [-0.39, 0.29) is 84.8 Å². The van der Waals surface area contributed by atoms with E-state index in [0.717, 1.165) is 19.1 Å². The number of rotatable bonds is 27. The van der Waals surface area contributed by atoms with Crippen LogP contribution in [0.1, 0.15) is 12.5 Å². The van der Waals surface area contributed by atoms with Crippen LogP contribution in [0, 0.1) is 30.3 Å². The average Bonchev–Trinajstić information content (AvgIpc) is 3.04. The monoisotopic (exact) mass is 742 g/mol. The smallest absolute Gasteiger partial charge is 0.480 e. The van der Waals surface area contributed by atoms with Gasteiger partial charge in [-0.3, -0.25) is 0 Å². The summed E-state index contributed by atoms with van der Waals surface area (Å²) in [6.07, 6.45) is -4.24. The molecule has 2 N–H and O–H groups in total. The molecular formula is C25H34N4O22. The van der Waals surface area contributed by atoms with Crippen molar-refractivity contribution in [2.45, 2.75) is 18.9 Å². The minimum absolute atomic E-state index is 0.123. The highest BCUT2D eigenvalue weighted by molar-refractivity contribution is 5.84. The Balaban J connectivity index is 2.89. The SMILES string of the molecule is CC(Cc1ccc(OC(=O)OCCOCCO[N+](=O)[O-])c(OC(=O)OCCOCCO[N+](=O)[O-])c1)(NC(=O)OCCOCCO[N+](=O)[O-])C(=O)O. The predicted molar refractivity (Wildman–Crippen MR) is 156 cm³/mol. The molecule has 0 aliphatic heterocycles. The van der Waals surface area contributed by atoms with Crippen molar-refractivity contribution >= 4 is 24.4 Å². The summed E-state index contributed by atoms with van der Waals surface area (Å²) in [7, 11) is 0. The first-order chi connectivity index (χ1) is 24.2. The van der Waals surface area contributed by atoms with Gasteiger partial charge in [0.25, 0.3) is 15.3 Å². The Hall–Kier alpha value is -6.02. The Morgan fingerprint density at radius 3 is 1.49 bits per heavy atom. The number of amides is 1. The molecule has 0 fully saturated rings. The average molecular weight is 743 g/mol. The number of carbonyl (C=O) groups is 4. The number of carboxylic acid groups (broad SMARTS) is 1. The molecule has 1 amide bonds. The highest BCUT2D eigenvalue weighted by Crippen LogP contribution is 2.31. The molecule has 1 aromatic carbocycles. The molecule has 0 radical (unpaired) electrons. The molecule has 1 rings (SSSR count). The van der Waals surface area contributed by atoms with Crippen molar-refractivity contribution in [3.8, 4) is 11.5 Å². The predicted octanol–water partition coefficient (Wildman–Crippen LogP) is 0.504. The largest absolute Gasteiger partial charge is 0.514 e. The van der Waals surface area contributed by atoms with Gasteiger partial charge in [0.15, 0.2) is 11.5 Å². The van der Waals surface area contributed by atoms with E-state index >= 15 is 0 Å². The number of carbonyl (C=O) groups excluding carboxylic acids is 3. The number of benzene rings is 1. The normalized spacial score (nSPS) is 11.5. The fraction of sp³-hybridized carbons (Fsp3) is 0.600. The fourth-order valence-corrected chi connectivity index (χ4v) is 3.29. The number of hydrogen-bond acceptors (Lipinski definition) is 21. The summed E-state index contributed by atoms with van der Waals surface area (Å²) in [5.74, 6) is -2.37. The molecule has 0 saturated heterocycles. The Bertz CT molecular complexity index is 1310. The molecule has 0 bridgehead atoms. The maximum atomic E-state index is 12.4. The number of ether oxygens (including phenoxy) is 8. The third-order valence-electron chi connectivity index (χ3n) is 5.43. The first kappa shape index (κ1) is 43.0. The zero-order chi connectivity index (χ0) is 38.1. The second kappa shape index (κ2) is 24.2. The Kier molecular flexibility index (Phi) is 20.4. The van der Waals surface area contributed by atoms with Crippen LogP contribution in [0.15, 0.2) is 18.2 Å². The van der Waals surface area contributed by atoms with Gasteiger partial charge >= 0.3 is 24.4 Å². The van der Waals surface area contributed by atoms with E-state index in [1.165, 1.54) is 6.07 Å². The minimum atomic E-state index is -2.02. The first-order valence-electron chi connectivity index (χ1n) is 14.3. The van der Waals surface area contributed by atoms with Crippen LogP contribution >= 0.6 is 0 Å². The number of alkyl carbamates (subject to hydrolysis) is 1. The third kappa shape index (κ3) is 20.8. The van der Waals surface area contributed by atoms with E-state index < -0.39 is 63.1 Å². The molecule has 1 unspecified atom stereocenters. The Morgan fingerprint density at radius 2 is 1.06 bits per heavy atom. The van der Waals surface area contributed by atoms with Gasteiger partial charge in [-0.1, -0.05) is 6.07 Å². The molecule has 1 aromatic rings. The summed E-state index contributed by atoms with van der Waals surface area (Å²) in [5, 5.41) is 39.4. The van der Waals surface area contributed by atoms with Crippen molar-refractivity contribution in [3.63, 3.8) is 0 Å². The Labute approximate surface area is 285 Å². The quantitative estimate of drug-likeness (QED) is 0.0309. The van der Waals surface area contributed by atoms with Crippen molar-refractivity contribution in [3.05, 3.63) is 54.1 Å². The molecule has 286 valence electrons. The highest BCUT2D eigenvalue weighted by Gasteiger charge is 2.36. The van der Waals surface area contributed by atoms with Crippen LogP contribution in [0.5, 0.6) is 11.5 Å². The molecule has 26 nitrogen and oxygen atoms in total. The molecule has 26 heteroatoms. The lowest BCUT2D eigenvalue weighted by Gasteiger charge is -2.26. The minimum Gasteiger partial charge on any atom is -0.480 e. The molecule has 51 heavy (non-hydrogen) atoms. The Morgan fingerprint density at radius 1 is 0.647 bits per heavy atom. The van der Waals surface area contributed by atoms with Crippen LogP contribution in [0.25, 0.3) is 0 Å². The topological polar surface area (TPSA) is 331 Å². The van der Waals surface area contributed by atoms with Crippen molar-refractivity contribution in [1.82, 2.24) is 5.32 Å². The zero-order valence-corrected chi connectivity index (χ0v) is 26.8. The summed E-state index contributed by atoms with van der Waals surface area (Å²) < 4.78 is 39.7. The van der Waals surface area contributed by atoms with Crippen LogP contribution < -0.4 is 14.8 Å². The van der Waals surface area contributed by atoms with Crippen LogP contribution in [-0.2, 0) is 54.1 Å². The van der Waals surface area contributed by atoms with Gasteiger partial charge in [-0.25, -0.2) is 19.2 Å². The number of aliphatic carboxylic acids is 1. The van der Waals surface area contributed by atoms with E-state index in [0.29, 0.717) is 0 Å². The van der Waals surface area contributed by atoms with Crippen LogP contribution in [-0.4, -0.2) is 130 Å². The summed E-state index contributed by atoms with van der Waals surface area (Å²) in [5.41, 5.74) is -1.89. The van der Waals surface area contributed by atoms with Crippen molar-refractivity contribution in [2.75, 3.05) is 79.3 Å². The van der Waals surface area contributed by atoms with Crippen molar-refractivity contribution in [1.29, 1.82) is 0 Å². The molecule has 0 spiro atoms. The zero-order valence-electron chi connectivity index (χ0n) is 26.8. The number of nitrogens with zero attached hydrogens (tertiary/aromatic N) is 3. The molecule has 0 saturated carbocycles. The van der Waals surface area contributed by atoms with E-state index in [9.17, 15) is 54.6 Å². The standard InChI is InChI=1S/C25H34N4O22/c1-25(21(30)31,26-22(32)44-10-4-41-7-13-47-27(35)36)17-18-2-3-19(50-23(33)45-11-5-42-8-14-48-28(37)38)20(16-18)51-24(34)46-12-6-43-9-15-49-29(39)40/h2-3,16H,4-15,17H2,1H3,(H,26,32)(H,30,31). The van der Waals surface area contributed by atoms with E-state index in [2.05, 4.69) is 19.8 Å². The van der Waals surface area contributed by atoms with E-state index in [1.54, 1.807) is 0 Å². The molecule has 0 aliphatic rings. The van der Waals surface area contributed by atoms with Gasteiger partial charge in [0.2, 0.25) is 0 Å². The van der Waals surface area contributed by atoms with Gasteiger partial charge in [0, 0.05) is 6.42 Å². The second-order valence-electron chi connectivity index (χ2n) is 9.26. The lowest BCUT2D eigenvalue weighted by atomic mass is 9.93. The van der Waals surface area contributed by atoms with Gasteiger partial charge in [-0.2, -0.15) is 0 Å².